The standard InChI is InChI=1S/C12H14Cl2O3/c1-2-3-8-16-12(15)11(14)17-10-6-4-9(13)5-7-10/h4-7,11H,2-3,8H2,1H3. The maximum Gasteiger partial charge on any atom is 0.363 e. The number of rotatable bonds is 6. The van der Waals surface area contributed by atoms with Crippen molar-refractivity contribution in [2.24, 2.45) is 0 Å². The van der Waals surface area contributed by atoms with E-state index in [9.17, 15) is 4.79 Å². The Kier molecular flexibility index (Phi) is 6.16. The van der Waals surface area contributed by atoms with E-state index in [1.54, 1.807) is 24.3 Å². The molecule has 1 aromatic carbocycles. The van der Waals surface area contributed by atoms with Gasteiger partial charge in [0.25, 0.3) is 5.56 Å². The van der Waals surface area contributed by atoms with Gasteiger partial charge in [-0.1, -0.05) is 36.5 Å². The van der Waals surface area contributed by atoms with Crippen LogP contribution >= 0.6 is 23.2 Å². The molecule has 0 spiro atoms. The summed E-state index contributed by atoms with van der Waals surface area (Å²) in [6.45, 7) is 2.37. The second-order valence-electron chi connectivity index (χ2n) is 3.41. The predicted octanol–water partition coefficient (Wildman–Crippen LogP) is 3.63. The summed E-state index contributed by atoms with van der Waals surface area (Å²) in [5, 5.41) is 0.592. The molecule has 0 aliphatic rings. The Balaban J connectivity index is 2.40. The topological polar surface area (TPSA) is 35.5 Å². The Morgan fingerprint density at radius 3 is 2.59 bits per heavy atom. The minimum Gasteiger partial charge on any atom is -0.463 e. The van der Waals surface area contributed by atoms with E-state index >= 15 is 0 Å². The highest BCUT2D eigenvalue weighted by Gasteiger charge is 2.18. The van der Waals surface area contributed by atoms with Gasteiger partial charge in [-0.15, -0.1) is 0 Å². The summed E-state index contributed by atoms with van der Waals surface area (Å²) in [4.78, 5) is 11.4. The Morgan fingerprint density at radius 2 is 2.00 bits per heavy atom. The van der Waals surface area contributed by atoms with Gasteiger partial charge in [-0.2, -0.15) is 0 Å². The van der Waals surface area contributed by atoms with E-state index in [0.717, 1.165) is 12.8 Å². The van der Waals surface area contributed by atoms with Crippen molar-refractivity contribution in [2.45, 2.75) is 25.3 Å². The van der Waals surface area contributed by atoms with Gasteiger partial charge in [0, 0.05) is 5.02 Å². The fourth-order valence-corrected chi connectivity index (χ4v) is 1.36. The van der Waals surface area contributed by atoms with Gasteiger partial charge in [-0.25, -0.2) is 4.79 Å². The lowest BCUT2D eigenvalue weighted by atomic mass is 10.3. The summed E-state index contributed by atoms with van der Waals surface area (Å²) >= 11 is 11.5. The molecule has 17 heavy (non-hydrogen) atoms. The lowest BCUT2D eigenvalue weighted by Crippen LogP contribution is -2.24. The highest BCUT2D eigenvalue weighted by molar-refractivity contribution is 6.30. The van der Waals surface area contributed by atoms with Crippen LogP contribution in [0.15, 0.2) is 24.3 Å². The van der Waals surface area contributed by atoms with Crippen molar-refractivity contribution in [3.05, 3.63) is 29.3 Å². The van der Waals surface area contributed by atoms with Crippen LogP contribution in [-0.2, 0) is 9.53 Å². The first-order valence-electron chi connectivity index (χ1n) is 5.36. The molecule has 0 saturated heterocycles. The van der Waals surface area contributed by atoms with E-state index in [4.69, 9.17) is 32.7 Å². The van der Waals surface area contributed by atoms with Crippen LogP contribution in [0.4, 0.5) is 0 Å². The molecule has 1 aromatic rings. The number of alkyl halides is 1. The third-order valence-corrected chi connectivity index (χ3v) is 2.50. The molecule has 0 aliphatic heterocycles. The Morgan fingerprint density at radius 1 is 1.35 bits per heavy atom. The predicted molar refractivity (Wildman–Crippen MR) is 67.6 cm³/mol. The number of hydrogen-bond donors (Lipinski definition) is 0. The van der Waals surface area contributed by atoms with Crippen molar-refractivity contribution in [1.29, 1.82) is 0 Å². The third kappa shape index (κ3) is 5.29. The fraction of sp³-hybridized carbons (Fsp3) is 0.417. The van der Waals surface area contributed by atoms with Crippen molar-refractivity contribution in [2.75, 3.05) is 6.61 Å². The molecule has 0 saturated carbocycles. The zero-order valence-electron chi connectivity index (χ0n) is 9.49. The fourth-order valence-electron chi connectivity index (χ4n) is 1.06. The number of halogens is 2. The van der Waals surface area contributed by atoms with Crippen LogP contribution in [0, 0.1) is 0 Å². The van der Waals surface area contributed by atoms with Crippen LogP contribution < -0.4 is 4.74 Å². The maximum atomic E-state index is 11.4. The SMILES string of the molecule is CCCCOC(=O)C(Cl)Oc1ccc(Cl)cc1. The minimum atomic E-state index is -1.13. The quantitative estimate of drug-likeness (QED) is 0.452. The number of hydrogen-bond acceptors (Lipinski definition) is 3. The van der Waals surface area contributed by atoms with Crippen molar-refractivity contribution >= 4 is 29.2 Å². The second kappa shape index (κ2) is 7.41. The molecule has 0 bridgehead atoms. The summed E-state index contributed by atoms with van der Waals surface area (Å²) < 4.78 is 10.1. The molecule has 1 unspecified atom stereocenters. The molecular weight excluding hydrogens is 263 g/mol. The molecule has 0 aliphatic carbocycles. The van der Waals surface area contributed by atoms with Gasteiger partial charge in [0.2, 0.25) is 0 Å². The van der Waals surface area contributed by atoms with Crippen molar-refractivity contribution in [3.8, 4) is 5.75 Å². The monoisotopic (exact) mass is 276 g/mol. The third-order valence-electron chi connectivity index (χ3n) is 1.98. The van der Waals surface area contributed by atoms with Gasteiger partial charge >= 0.3 is 5.97 Å². The molecule has 0 heterocycles. The second-order valence-corrected chi connectivity index (χ2v) is 4.24. The Hall–Kier alpha value is -0.930. The summed E-state index contributed by atoms with van der Waals surface area (Å²) in [5.41, 5.74) is -1.13. The van der Waals surface area contributed by atoms with Crippen molar-refractivity contribution in [3.63, 3.8) is 0 Å². The number of benzene rings is 1. The van der Waals surface area contributed by atoms with E-state index in [1.807, 2.05) is 6.92 Å². The van der Waals surface area contributed by atoms with Gasteiger partial charge in [0.1, 0.15) is 5.75 Å². The smallest absolute Gasteiger partial charge is 0.363 e. The maximum absolute atomic E-state index is 11.4. The number of carbonyl (C=O) groups excluding carboxylic acids is 1. The van der Waals surface area contributed by atoms with Crippen LogP contribution in [0.25, 0.3) is 0 Å². The summed E-state index contributed by atoms with van der Waals surface area (Å²) in [6, 6.07) is 6.58. The number of ether oxygens (including phenoxy) is 2. The molecule has 0 N–H and O–H groups in total. The van der Waals surface area contributed by atoms with Crippen LogP contribution in [-0.4, -0.2) is 18.1 Å². The summed E-state index contributed by atoms with van der Waals surface area (Å²) in [6.07, 6.45) is 1.77. The molecule has 94 valence electrons. The number of carbonyl (C=O) groups is 1. The zero-order valence-corrected chi connectivity index (χ0v) is 11.0. The first-order chi connectivity index (χ1) is 8.13. The van der Waals surface area contributed by atoms with Crippen molar-refractivity contribution in [1.82, 2.24) is 0 Å². The molecule has 0 aromatic heterocycles. The van der Waals surface area contributed by atoms with E-state index < -0.39 is 11.5 Å². The first-order valence-corrected chi connectivity index (χ1v) is 6.18. The minimum absolute atomic E-state index is 0.364. The number of unbranched alkanes of at least 4 members (excludes halogenated alkanes) is 1. The normalized spacial score (nSPS) is 11.9. The van der Waals surface area contributed by atoms with Gasteiger partial charge in [-0.05, 0) is 30.7 Å². The van der Waals surface area contributed by atoms with E-state index in [1.165, 1.54) is 0 Å². The highest BCUT2D eigenvalue weighted by atomic mass is 35.5. The first kappa shape index (κ1) is 14.1. The average Bonchev–Trinajstić information content (AvgIpc) is 2.32. The van der Waals surface area contributed by atoms with Crippen LogP contribution in [0.3, 0.4) is 0 Å². The lowest BCUT2D eigenvalue weighted by molar-refractivity contribution is -0.148. The Bertz CT molecular complexity index is 351. The molecule has 5 heteroatoms. The van der Waals surface area contributed by atoms with Crippen LogP contribution in [0.5, 0.6) is 5.75 Å². The molecule has 0 fully saturated rings. The summed E-state index contributed by atoms with van der Waals surface area (Å²) in [5.74, 6) is -0.100. The molecular formula is C12H14Cl2O3. The van der Waals surface area contributed by atoms with E-state index in [-0.39, 0.29) is 0 Å². The molecule has 3 nitrogen and oxygen atoms in total. The molecule has 0 radical (unpaired) electrons. The van der Waals surface area contributed by atoms with Gasteiger partial charge in [0.15, 0.2) is 0 Å². The van der Waals surface area contributed by atoms with E-state index in [0.29, 0.717) is 17.4 Å². The van der Waals surface area contributed by atoms with Gasteiger partial charge in [-0.3, -0.25) is 0 Å². The lowest BCUT2D eigenvalue weighted by Gasteiger charge is -2.11. The van der Waals surface area contributed by atoms with Crippen molar-refractivity contribution < 1.29 is 14.3 Å². The molecule has 0 amide bonds. The van der Waals surface area contributed by atoms with E-state index in [2.05, 4.69) is 0 Å². The molecule has 1 rings (SSSR count). The highest BCUT2D eigenvalue weighted by Crippen LogP contribution is 2.18. The van der Waals surface area contributed by atoms with Gasteiger partial charge in [0.05, 0.1) is 6.61 Å². The zero-order chi connectivity index (χ0) is 12.7. The van der Waals surface area contributed by atoms with Crippen LogP contribution in [0.1, 0.15) is 19.8 Å². The summed E-state index contributed by atoms with van der Waals surface area (Å²) in [7, 11) is 0. The van der Waals surface area contributed by atoms with Crippen LogP contribution in [0.2, 0.25) is 5.02 Å². The Labute approximate surface area is 111 Å². The number of esters is 1. The largest absolute Gasteiger partial charge is 0.463 e. The average molecular weight is 277 g/mol. The van der Waals surface area contributed by atoms with Gasteiger partial charge < -0.3 is 9.47 Å². The molecule has 1 atom stereocenters.